The summed E-state index contributed by atoms with van der Waals surface area (Å²) in [5, 5.41) is 0. The zero-order valence-corrected chi connectivity index (χ0v) is 13.5. The van der Waals surface area contributed by atoms with Gasteiger partial charge in [0.05, 0.1) is 6.61 Å². The van der Waals surface area contributed by atoms with Crippen LogP contribution in [0.1, 0.15) is 17.3 Å². The first-order chi connectivity index (χ1) is 10.7. The summed E-state index contributed by atoms with van der Waals surface area (Å²) in [5.74, 6) is 0.253. The Kier molecular flexibility index (Phi) is 4.24. The molecule has 0 saturated carbocycles. The first kappa shape index (κ1) is 14.8. The average Bonchev–Trinajstić information content (AvgIpc) is 2.98. The van der Waals surface area contributed by atoms with Gasteiger partial charge in [0.25, 0.3) is 0 Å². The second-order valence-corrected chi connectivity index (χ2v) is 5.64. The fourth-order valence-electron chi connectivity index (χ4n) is 2.16. The van der Waals surface area contributed by atoms with Gasteiger partial charge in [-0.05, 0) is 36.8 Å². The minimum Gasteiger partial charge on any atom is -0.465 e. The van der Waals surface area contributed by atoms with Crippen molar-refractivity contribution in [2.24, 2.45) is 0 Å². The Labute approximate surface area is 136 Å². The van der Waals surface area contributed by atoms with Crippen LogP contribution in [0, 0.1) is 0 Å². The number of hydrogen-bond donors (Lipinski definition) is 0. The van der Waals surface area contributed by atoms with Crippen LogP contribution in [0.2, 0.25) is 0 Å². The summed E-state index contributed by atoms with van der Waals surface area (Å²) in [5.41, 5.74) is 3.11. The molecule has 1 atom stereocenters. The molecule has 0 spiro atoms. The highest BCUT2D eigenvalue weighted by atomic mass is 79.9. The SMILES string of the molecule is CCOC(=O)C(Br)c1ccc2oc(-c3ccccc3)nc2c1. The number of ether oxygens (including phenoxy) is 1. The summed E-state index contributed by atoms with van der Waals surface area (Å²) in [6, 6.07) is 15.2. The van der Waals surface area contributed by atoms with Crippen molar-refractivity contribution in [1.82, 2.24) is 4.98 Å². The largest absolute Gasteiger partial charge is 0.465 e. The highest BCUT2D eigenvalue weighted by Gasteiger charge is 2.19. The van der Waals surface area contributed by atoms with Gasteiger partial charge in [-0.15, -0.1) is 0 Å². The van der Waals surface area contributed by atoms with Gasteiger partial charge in [-0.3, -0.25) is 4.79 Å². The van der Waals surface area contributed by atoms with Gasteiger partial charge in [0.1, 0.15) is 10.3 Å². The highest BCUT2D eigenvalue weighted by molar-refractivity contribution is 9.09. The molecule has 0 fully saturated rings. The number of aromatic nitrogens is 1. The zero-order chi connectivity index (χ0) is 15.5. The van der Waals surface area contributed by atoms with Crippen molar-refractivity contribution in [1.29, 1.82) is 0 Å². The highest BCUT2D eigenvalue weighted by Crippen LogP contribution is 2.29. The maximum Gasteiger partial charge on any atom is 0.324 e. The Morgan fingerprint density at radius 1 is 1.27 bits per heavy atom. The molecule has 0 aliphatic carbocycles. The van der Waals surface area contributed by atoms with Gasteiger partial charge in [0.2, 0.25) is 5.89 Å². The number of carbonyl (C=O) groups excluding carboxylic acids is 1. The fourth-order valence-corrected chi connectivity index (χ4v) is 2.57. The third-order valence-corrected chi connectivity index (χ3v) is 4.12. The molecule has 2 aromatic carbocycles. The lowest BCUT2D eigenvalue weighted by molar-refractivity contribution is -0.142. The average molecular weight is 360 g/mol. The minimum absolute atomic E-state index is 0.311. The van der Waals surface area contributed by atoms with Crippen LogP contribution in [-0.4, -0.2) is 17.6 Å². The number of benzene rings is 2. The molecular formula is C17H14BrNO3. The predicted octanol–water partition coefficient (Wildman–Crippen LogP) is 4.49. The van der Waals surface area contributed by atoms with E-state index >= 15 is 0 Å². The van der Waals surface area contributed by atoms with Gasteiger partial charge in [0, 0.05) is 5.56 Å². The summed E-state index contributed by atoms with van der Waals surface area (Å²) in [6.07, 6.45) is 0. The quantitative estimate of drug-likeness (QED) is 0.508. The van der Waals surface area contributed by atoms with Crippen molar-refractivity contribution in [3.8, 4) is 11.5 Å². The maximum absolute atomic E-state index is 11.8. The van der Waals surface area contributed by atoms with Crippen molar-refractivity contribution in [2.45, 2.75) is 11.8 Å². The van der Waals surface area contributed by atoms with Crippen LogP contribution in [0.4, 0.5) is 0 Å². The molecule has 1 aromatic heterocycles. The molecular weight excluding hydrogens is 346 g/mol. The van der Waals surface area contributed by atoms with Gasteiger partial charge in [-0.25, -0.2) is 4.98 Å². The van der Waals surface area contributed by atoms with Gasteiger partial charge < -0.3 is 9.15 Å². The molecule has 0 amide bonds. The van der Waals surface area contributed by atoms with Crippen LogP contribution >= 0.6 is 15.9 Å². The number of rotatable bonds is 4. The Bertz CT molecular complexity index is 798. The van der Waals surface area contributed by atoms with Crippen molar-refractivity contribution >= 4 is 33.0 Å². The molecule has 4 nitrogen and oxygen atoms in total. The number of alkyl halides is 1. The molecule has 0 saturated heterocycles. The lowest BCUT2D eigenvalue weighted by Gasteiger charge is -2.08. The summed E-state index contributed by atoms with van der Waals surface area (Å²) in [4.78, 5) is 15.8. The van der Waals surface area contributed by atoms with E-state index in [1.54, 1.807) is 6.92 Å². The maximum atomic E-state index is 11.8. The van der Waals surface area contributed by atoms with E-state index in [4.69, 9.17) is 9.15 Å². The summed E-state index contributed by atoms with van der Waals surface area (Å²) < 4.78 is 10.8. The molecule has 0 aliphatic heterocycles. The molecule has 0 radical (unpaired) electrons. The van der Waals surface area contributed by atoms with Crippen LogP contribution in [0.5, 0.6) is 0 Å². The smallest absolute Gasteiger partial charge is 0.324 e. The third kappa shape index (κ3) is 2.90. The van der Waals surface area contributed by atoms with E-state index in [1.165, 1.54) is 0 Å². The molecule has 0 aliphatic rings. The zero-order valence-electron chi connectivity index (χ0n) is 12.0. The first-order valence-corrected chi connectivity index (χ1v) is 7.87. The second-order valence-electron chi connectivity index (χ2n) is 4.73. The standard InChI is InChI=1S/C17H14BrNO3/c1-2-21-17(20)15(18)12-8-9-14-13(10-12)19-16(22-14)11-6-4-3-5-7-11/h3-10,15H,2H2,1H3. The van der Waals surface area contributed by atoms with E-state index in [0.717, 1.165) is 11.1 Å². The summed E-state index contributed by atoms with van der Waals surface area (Å²) >= 11 is 3.36. The number of fused-ring (bicyclic) bond motifs is 1. The van der Waals surface area contributed by atoms with Crippen LogP contribution < -0.4 is 0 Å². The monoisotopic (exact) mass is 359 g/mol. The fraction of sp³-hybridized carbons (Fsp3) is 0.176. The van der Waals surface area contributed by atoms with E-state index in [1.807, 2.05) is 48.5 Å². The predicted molar refractivity (Wildman–Crippen MR) is 87.7 cm³/mol. The van der Waals surface area contributed by atoms with E-state index in [2.05, 4.69) is 20.9 Å². The van der Waals surface area contributed by atoms with E-state index in [-0.39, 0.29) is 5.97 Å². The van der Waals surface area contributed by atoms with Crippen LogP contribution in [-0.2, 0) is 9.53 Å². The van der Waals surface area contributed by atoms with Gasteiger partial charge >= 0.3 is 5.97 Å². The number of halogens is 1. The Morgan fingerprint density at radius 2 is 2.05 bits per heavy atom. The summed E-state index contributed by atoms with van der Waals surface area (Å²) in [7, 11) is 0. The lowest BCUT2D eigenvalue weighted by Crippen LogP contribution is -2.10. The van der Waals surface area contributed by atoms with Gasteiger partial charge in [-0.2, -0.15) is 0 Å². The van der Waals surface area contributed by atoms with E-state index in [9.17, 15) is 4.79 Å². The molecule has 22 heavy (non-hydrogen) atoms. The number of oxazole rings is 1. The lowest BCUT2D eigenvalue weighted by atomic mass is 10.1. The Hall–Kier alpha value is -2.14. The minimum atomic E-state index is -0.506. The molecule has 3 rings (SSSR count). The van der Waals surface area contributed by atoms with Gasteiger partial charge in [0.15, 0.2) is 5.58 Å². The van der Waals surface area contributed by atoms with Crippen molar-refractivity contribution in [3.63, 3.8) is 0 Å². The molecule has 1 heterocycles. The molecule has 5 heteroatoms. The van der Waals surface area contributed by atoms with E-state index < -0.39 is 4.83 Å². The van der Waals surface area contributed by atoms with Crippen LogP contribution in [0.3, 0.4) is 0 Å². The van der Waals surface area contributed by atoms with Crippen molar-refractivity contribution in [2.75, 3.05) is 6.61 Å². The normalized spacial score (nSPS) is 12.3. The third-order valence-electron chi connectivity index (χ3n) is 3.22. The topological polar surface area (TPSA) is 52.3 Å². The molecule has 1 unspecified atom stereocenters. The van der Waals surface area contributed by atoms with Crippen molar-refractivity contribution < 1.29 is 13.9 Å². The summed E-state index contributed by atoms with van der Waals surface area (Å²) in [6.45, 7) is 2.13. The Balaban J connectivity index is 1.95. The first-order valence-electron chi connectivity index (χ1n) is 6.95. The molecule has 3 aromatic rings. The number of esters is 1. The van der Waals surface area contributed by atoms with Crippen molar-refractivity contribution in [3.05, 3.63) is 54.1 Å². The van der Waals surface area contributed by atoms with Crippen LogP contribution in [0.15, 0.2) is 52.9 Å². The molecule has 0 bridgehead atoms. The van der Waals surface area contributed by atoms with Crippen LogP contribution in [0.25, 0.3) is 22.6 Å². The van der Waals surface area contributed by atoms with Gasteiger partial charge in [-0.1, -0.05) is 40.2 Å². The second kappa shape index (κ2) is 6.32. The molecule has 112 valence electrons. The molecule has 0 N–H and O–H groups in total. The van der Waals surface area contributed by atoms with E-state index in [0.29, 0.717) is 23.6 Å². The number of hydrogen-bond acceptors (Lipinski definition) is 4. The number of carbonyl (C=O) groups is 1. The Morgan fingerprint density at radius 3 is 2.77 bits per heavy atom. The number of nitrogens with zero attached hydrogens (tertiary/aromatic N) is 1.